The number of carboxylic acids is 2. The Balaban J connectivity index is 2.52. The lowest BCUT2D eigenvalue weighted by atomic mass is 10.2. The van der Waals surface area contributed by atoms with Gasteiger partial charge in [-0.25, -0.2) is 4.79 Å². The van der Waals surface area contributed by atoms with E-state index in [2.05, 4.69) is 5.32 Å². The summed E-state index contributed by atoms with van der Waals surface area (Å²) in [6.45, 7) is 0.201. The summed E-state index contributed by atoms with van der Waals surface area (Å²) in [6.07, 6.45) is 1.51. The Morgan fingerprint density at radius 3 is 2.60 bits per heavy atom. The number of aromatic nitrogens is 1. The number of hydrogen-bond donors (Lipinski definition) is 3. The standard InChI is InChI=1S/C12H14N2O6/c15-7-8-2-1-4-14(8)5-3-10(16)13-9(12(19)20)6-11(17)18/h1-2,4,7,9H,3,5-6H2,(H,13,16)(H,17,18)(H,19,20). The number of carbonyl (C=O) groups excluding carboxylic acids is 2. The number of nitrogens with zero attached hydrogens (tertiary/aromatic N) is 1. The second-order valence-electron chi connectivity index (χ2n) is 4.05. The van der Waals surface area contributed by atoms with Crippen LogP contribution in [0.1, 0.15) is 23.3 Å². The molecule has 0 saturated heterocycles. The van der Waals surface area contributed by atoms with E-state index in [9.17, 15) is 19.2 Å². The van der Waals surface area contributed by atoms with E-state index in [0.717, 1.165) is 0 Å². The van der Waals surface area contributed by atoms with Crippen molar-refractivity contribution < 1.29 is 29.4 Å². The van der Waals surface area contributed by atoms with Gasteiger partial charge >= 0.3 is 11.9 Å². The van der Waals surface area contributed by atoms with Crippen LogP contribution in [0.4, 0.5) is 0 Å². The van der Waals surface area contributed by atoms with Gasteiger partial charge in [0, 0.05) is 19.2 Å². The predicted molar refractivity (Wildman–Crippen MR) is 66.3 cm³/mol. The maximum absolute atomic E-state index is 11.6. The topological polar surface area (TPSA) is 126 Å². The van der Waals surface area contributed by atoms with E-state index >= 15 is 0 Å². The number of aryl methyl sites for hydroxylation is 1. The first-order valence-corrected chi connectivity index (χ1v) is 5.78. The molecule has 1 aromatic rings. The van der Waals surface area contributed by atoms with Gasteiger partial charge in [-0.1, -0.05) is 0 Å². The molecule has 0 aliphatic rings. The highest BCUT2D eigenvalue weighted by Crippen LogP contribution is 2.01. The van der Waals surface area contributed by atoms with Gasteiger partial charge in [0.15, 0.2) is 6.29 Å². The van der Waals surface area contributed by atoms with E-state index in [1.807, 2.05) is 0 Å². The van der Waals surface area contributed by atoms with E-state index < -0.39 is 30.3 Å². The second-order valence-corrected chi connectivity index (χ2v) is 4.05. The Hall–Kier alpha value is -2.64. The zero-order valence-electron chi connectivity index (χ0n) is 10.5. The normalized spacial score (nSPS) is 11.6. The minimum atomic E-state index is -1.46. The summed E-state index contributed by atoms with van der Waals surface area (Å²) in [4.78, 5) is 43.5. The van der Waals surface area contributed by atoms with Crippen LogP contribution < -0.4 is 5.32 Å². The molecule has 20 heavy (non-hydrogen) atoms. The minimum Gasteiger partial charge on any atom is -0.481 e. The summed E-state index contributed by atoms with van der Waals surface area (Å²) < 4.78 is 1.54. The van der Waals surface area contributed by atoms with Gasteiger partial charge in [-0.2, -0.15) is 0 Å². The van der Waals surface area contributed by atoms with Crippen LogP contribution in [0.5, 0.6) is 0 Å². The number of carboxylic acid groups (broad SMARTS) is 2. The summed E-state index contributed by atoms with van der Waals surface area (Å²) in [5.41, 5.74) is 0.401. The molecule has 1 aromatic heterocycles. The van der Waals surface area contributed by atoms with Gasteiger partial charge in [0.05, 0.1) is 12.1 Å². The van der Waals surface area contributed by atoms with Gasteiger partial charge in [0.2, 0.25) is 5.91 Å². The lowest BCUT2D eigenvalue weighted by Crippen LogP contribution is -2.42. The van der Waals surface area contributed by atoms with E-state index in [-0.39, 0.29) is 13.0 Å². The number of hydrogen-bond acceptors (Lipinski definition) is 4. The van der Waals surface area contributed by atoms with Crippen LogP contribution in [0, 0.1) is 0 Å². The monoisotopic (exact) mass is 282 g/mol. The molecule has 3 N–H and O–H groups in total. The molecular formula is C12H14N2O6. The molecule has 0 aromatic carbocycles. The largest absolute Gasteiger partial charge is 0.481 e. The molecule has 1 heterocycles. The molecule has 108 valence electrons. The van der Waals surface area contributed by atoms with Gasteiger partial charge in [0.1, 0.15) is 6.04 Å². The zero-order valence-corrected chi connectivity index (χ0v) is 10.5. The molecule has 0 radical (unpaired) electrons. The molecule has 8 heteroatoms. The molecule has 1 amide bonds. The van der Waals surface area contributed by atoms with Crippen LogP contribution in [-0.2, 0) is 20.9 Å². The molecule has 0 aliphatic carbocycles. The van der Waals surface area contributed by atoms with Crippen LogP contribution in [0.15, 0.2) is 18.3 Å². The Morgan fingerprint density at radius 1 is 1.35 bits per heavy atom. The summed E-state index contributed by atoms with van der Waals surface area (Å²) in [5, 5.41) is 19.4. The molecule has 1 atom stereocenters. The van der Waals surface area contributed by atoms with Crippen LogP contribution in [0.25, 0.3) is 0 Å². The van der Waals surface area contributed by atoms with Crippen LogP contribution in [0.2, 0.25) is 0 Å². The van der Waals surface area contributed by atoms with Crippen LogP contribution in [0.3, 0.4) is 0 Å². The number of aldehydes is 1. The van der Waals surface area contributed by atoms with Gasteiger partial charge in [-0.15, -0.1) is 0 Å². The zero-order chi connectivity index (χ0) is 15.1. The van der Waals surface area contributed by atoms with Crippen LogP contribution >= 0.6 is 0 Å². The lowest BCUT2D eigenvalue weighted by Gasteiger charge is -2.12. The number of aliphatic carboxylic acids is 2. The van der Waals surface area contributed by atoms with Crippen molar-refractivity contribution in [2.45, 2.75) is 25.4 Å². The van der Waals surface area contributed by atoms with Crippen molar-refractivity contribution in [3.05, 3.63) is 24.0 Å². The molecule has 1 unspecified atom stereocenters. The molecule has 0 saturated carbocycles. The number of carbonyl (C=O) groups is 4. The fourth-order valence-electron chi connectivity index (χ4n) is 1.60. The summed E-state index contributed by atoms with van der Waals surface area (Å²) >= 11 is 0. The van der Waals surface area contributed by atoms with E-state index in [0.29, 0.717) is 12.0 Å². The van der Waals surface area contributed by atoms with Crippen molar-refractivity contribution in [3.8, 4) is 0 Å². The van der Waals surface area contributed by atoms with Crippen molar-refractivity contribution in [2.75, 3.05) is 0 Å². The number of nitrogens with one attached hydrogen (secondary N) is 1. The van der Waals surface area contributed by atoms with Crippen molar-refractivity contribution in [2.24, 2.45) is 0 Å². The van der Waals surface area contributed by atoms with Crippen molar-refractivity contribution >= 4 is 24.1 Å². The van der Waals surface area contributed by atoms with E-state index in [4.69, 9.17) is 10.2 Å². The van der Waals surface area contributed by atoms with Crippen molar-refractivity contribution in [3.63, 3.8) is 0 Å². The molecule has 0 bridgehead atoms. The average molecular weight is 282 g/mol. The molecule has 8 nitrogen and oxygen atoms in total. The van der Waals surface area contributed by atoms with Gasteiger partial charge in [-0.3, -0.25) is 14.4 Å². The van der Waals surface area contributed by atoms with Gasteiger partial charge in [-0.05, 0) is 12.1 Å². The van der Waals surface area contributed by atoms with Crippen molar-refractivity contribution in [1.82, 2.24) is 9.88 Å². The van der Waals surface area contributed by atoms with Gasteiger partial charge in [0.25, 0.3) is 0 Å². The molecule has 0 spiro atoms. The third-order valence-corrected chi connectivity index (χ3v) is 2.58. The molecular weight excluding hydrogens is 268 g/mol. The SMILES string of the molecule is O=Cc1cccn1CCC(=O)NC(CC(=O)O)C(=O)O. The van der Waals surface area contributed by atoms with Crippen LogP contribution in [-0.4, -0.2) is 45.0 Å². The average Bonchev–Trinajstić information content (AvgIpc) is 2.82. The highest BCUT2D eigenvalue weighted by molar-refractivity contribution is 5.86. The Bertz CT molecular complexity index is 522. The maximum atomic E-state index is 11.6. The lowest BCUT2D eigenvalue weighted by molar-refractivity contribution is -0.147. The minimum absolute atomic E-state index is 0.0566. The summed E-state index contributed by atoms with van der Waals surface area (Å²) in [5.74, 6) is -3.31. The summed E-state index contributed by atoms with van der Waals surface area (Å²) in [6, 6.07) is 1.76. The number of rotatable bonds is 8. The first-order chi connectivity index (χ1) is 9.43. The molecule has 1 rings (SSSR count). The van der Waals surface area contributed by atoms with E-state index in [1.165, 1.54) is 0 Å². The smallest absolute Gasteiger partial charge is 0.326 e. The number of amides is 1. The molecule has 0 aliphatic heterocycles. The summed E-state index contributed by atoms with van der Waals surface area (Å²) in [7, 11) is 0. The van der Waals surface area contributed by atoms with Crippen molar-refractivity contribution in [1.29, 1.82) is 0 Å². The first-order valence-electron chi connectivity index (χ1n) is 5.78. The maximum Gasteiger partial charge on any atom is 0.326 e. The third-order valence-electron chi connectivity index (χ3n) is 2.58. The predicted octanol–water partition coefficient (Wildman–Crippen LogP) is -0.265. The van der Waals surface area contributed by atoms with E-state index in [1.54, 1.807) is 22.9 Å². The highest BCUT2D eigenvalue weighted by atomic mass is 16.4. The fraction of sp³-hybridized carbons (Fsp3) is 0.333. The Labute approximate surface area is 114 Å². The fourth-order valence-corrected chi connectivity index (χ4v) is 1.60. The quantitative estimate of drug-likeness (QED) is 0.564. The second kappa shape index (κ2) is 7.07. The first kappa shape index (κ1) is 15.4. The Morgan fingerprint density at radius 2 is 2.05 bits per heavy atom. The van der Waals surface area contributed by atoms with Gasteiger partial charge < -0.3 is 20.1 Å². The molecule has 0 fully saturated rings. The Kier molecular flexibility index (Phi) is 5.45. The highest BCUT2D eigenvalue weighted by Gasteiger charge is 2.22. The third kappa shape index (κ3) is 4.56.